The first kappa shape index (κ1) is 13.3. The molecule has 0 spiro atoms. The van der Waals surface area contributed by atoms with Gasteiger partial charge in [0.1, 0.15) is 18.2 Å². The largest absolute Gasteiger partial charge is 0.455 e. The molecule has 0 fully saturated rings. The van der Waals surface area contributed by atoms with Gasteiger partial charge in [-0.05, 0) is 53.9 Å². The molecule has 0 unspecified atom stereocenters. The molecule has 5 rings (SSSR count). The molecule has 0 N–H and O–H groups in total. The summed E-state index contributed by atoms with van der Waals surface area (Å²) < 4.78 is 41.3. The monoisotopic (exact) mass is 379 g/mol. The first-order valence-corrected chi connectivity index (χ1v) is 9.25. The molecule has 0 saturated heterocycles. The van der Waals surface area contributed by atoms with Crippen LogP contribution in [0, 0.1) is 18.3 Å². The molecule has 138 valence electrons. The third-order valence-corrected chi connectivity index (χ3v) is 5.19. The minimum absolute atomic E-state index is 0.150. The van der Waals surface area contributed by atoms with Crippen molar-refractivity contribution in [3.05, 3.63) is 90.0 Å². The van der Waals surface area contributed by atoms with Crippen molar-refractivity contribution < 1.29 is 14.5 Å². The molecule has 0 bridgehead atoms. The van der Waals surface area contributed by atoms with Crippen molar-refractivity contribution in [1.82, 2.24) is 0 Å². The van der Waals surface area contributed by atoms with Crippen molar-refractivity contribution in [3.63, 3.8) is 0 Å². The van der Waals surface area contributed by atoms with Crippen LogP contribution in [0.15, 0.2) is 83.3 Å². The van der Waals surface area contributed by atoms with Crippen molar-refractivity contribution in [2.75, 3.05) is 0 Å². The minimum Gasteiger partial charge on any atom is -0.455 e. The number of furan rings is 1. The first-order valence-electron chi connectivity index (χ1n) is 11.2. The summed E-state index contributed by atoms with van der Waals surface area (Å²) in [6.45, 7) is 2.04. The van der Waals surface area contributed by atoms with Gasteiger partial charge < -0.3 is 4.42 Å². The molecule has 0 aliphatic rings. The molecule has 0 amide bonds. The van der Waals surface area contributed by atoms with Gasteiger partial charge in [0.25, 0.3) is 0 Å². The summed E-state index contributed by atoms with van der Waals surface area (Å²) in [6.07, 6.45) is 1.99. The van der Waals surface area contributed by atoms with Gasteiger partial charge in [-0.25, -0.2) is 4.57 Å². The highest BCUT2D eigenvalue weighted by atomic mass is 16.3. The maximum absolute atomic E-state index is 9.22. The van der Waals surface area contributed by atoms with Gasteiger partial charge in [0, 0.05) is 22.9 Å². The predicted molar refractivity (Wildman–Crippen MR) is 115 cm³/mol. The molecule has 0 aliphatic carbocycles. The minimum atomic E-state index is -0.340. The topological polar surface area (TPSA) is 40.8 Å². The van der Waals surface area contributed by atoms with Crippen LogP contribution in [-0.4, -0.2) is 0 Å². The average Bonchev–Trinajstić information content (AvgIpc) is 3.17. The summed E-state index contributed by atoms with van der Waals surface area (Å²) in [6, 6.07) is 16.1. The highest BCUT2D eigenvalue weighted by Crippen LogP contribution is 2.38. The van der Waals surface area contributed by atoms with Crippen LogP contribution in [0.1, 0.15) is 16.6 Å². The Morgan fingerprint density at radius 3 is 2.52 bits per heavy atom. The standard InChI is InChI=1S/C26H19N2O/c1-17-6-12-22-21-13-11-20(19-9-7-18(16-27)8-10-19)15-24(21)29-26(22)25(17)23-5-3-4-14-28(23)2/h3-15H,1-2H3/q+1/i7D,8D,9D,10D. The van der Waals surface area contributed by atoms with Gasteiger partial charge in [0.2, 0.25) is 5.69 Å². The van der Waals surface area contributed by atoms with Crippen LogP contribution < -0.4 is 4.57 Å². The smallest absolute Gasteiger partial charge is 0.216 e. The molecule has 3 aromatic carbocycles. The molecule has 2 heterocycles. The van der Waals surface area contributed by atoms with Crippen LogP contribution in [0.25, 0.3) is 44.3 Å². The lowest BCUT2D eigenvalue weighted by Crippen LogP contribution is -2.30. The van der Waals surface area contributed by atoms with E-state index in [1.807, 2.05) is 55.1 Å². The normalized spacial score (nSPS) is 13.0. The number of rotatable bonds is 2. The van der Waals surface area contributed by atoms with Crippen molar-refractivity contribution in [1.29, 1.82) is 5.26 Å². The van der Waals surface area contributed by atoms with Crippen molar-refractivity contribution in [2.24, 2.45) is 7.05 Å². The molecule has 0 aliphatic heterocycles. The number of nitriles is 1. The number of benzene rings is 3. The molecule has 3 nitrogen and oxygen atoms in total. The number of pyridine rings is 1. The summed E-state index contributed by atoms with van der Waals surface area (Å²) >= 11 is 0. The number of hydrogen-bond acceptors (Lipinski definition) is 2. The Hall–Kier alpha value is -3.90. The van der Waals surface area contributed by atoms with Crippen molar-refractivity contribution >= 4 is 21.9 Å². The molecule has 29 heavy (non-hydrogen) atoms. The van der Waals surface area contributed by atoms with E-state index in [2.05, 4.69) is 6.07 Å². The second-order valence-electron chi connectivity index (χ2n) is 7.01. The Bertz CT molecular complexity index is 1620. The van der Waals surface area contributed by atoms with Gasteiger partial charge in [-0.15, -0.1) is 0 Å². The Morgan fingerprint density at radius 2 is 1.76 bits per heavy atom. The Morgan fingerprint density at radius 1 is 0.966 bits per heavy atom. The van der Waals surface area contributed by atoms with Gasteiger partial charge in [-0.2, -0.15) is 5.26 Å². The summed E-state index contributed by atoms with van der Waals surface area (Å²) in [4.78, 5) is 0. The van der Waals surface area contributed by atoms with E-state index in [1.54, 1.807) is 18.2 Å². The zero-order valence-electron chi connectivity index (χ0n) is 20.0. The number of nitrogens with zero attached hydrogens (tertiary/aromatic N) is 2. The van der Waals surface area contributed by atoms with Crippen LogP contribution in [-0.2, 0) is 7.05 Å². The van der Waals surface area contributed by atoms with E-state index >= 15 is 0 Å². The van der Waals surface area contributed by atoms with Crippen molar-refractivity contribution in [3.8, 4) is 28.5 Å². The summed E-state index contributed by atoms with van der Waals surface area (Å²) in [5.41, 5.74) is 4.84. The first-order chi connectivity index (χ1) is 15.8. The van der Waals surface area contributed by atoms with Gasteiger partial charge in [-0.1, -0.05) is 30.3 Å². The lowest BCUT2D eigenvalue weighted by atomic mass is 9.99. The van der Waals surface area contributed by atoms with E-state index in [0.29, 0.717) is 11.1 Å². The molecule has 0 atom stereocenters. The van der Waals surface area contributed by atoms with E-state index in [4.69, 9.17) is 9.90 Å². The SMILES string of the molecule is [2H]c1c([2H])c(-c2ccc3c(c2)oc2c(-c4cccc[n+]4C)c(C)ccc23)c([2H])c([2H])c1C#N. The third kappa shape index (κ3) is 2.78. The average molecular weight is 379 g/mol. The predicted octanol–water partition coefficient (Wildman–Crippen LogP) is 5.92. The van der Waals surface area contributed by atoms with Gasteiger partial charge in [0.05, 0.1) is 22.7 Å². The fraction of sp³-hybridized carbons (Fsp3) is 0.0769. The molecular formula is C26H19N2O+. The maximum atomic E-state index is 9.22. The van der Waals surface area contributed by atoms with Crippen LogP contribution in [0.4, 0.5) is 0 Å². The van der Waals surface area contributed by atoms with E-state index in [0.717, 1.165) is 33.2 Å². The molecule has 2 aromatic heterocycles. The van der Waals surface area contributed by atoms with E-state index < -0.39 is 0 Å². The van der Waals surface area contributed by atoms with Crippen LogP contribution in [0.5, 0.6) is 0 Å². The van der Waals surface area contributed by atoms with Gasteiger partial charge in [0.15, 0.2) is 6.20 Å². The van der Waals surface area contributed by atoms with Gasteiger partial charge in [-0.3, -0.25) is 0 Å². The van der Waals surface area contributed by atoms with Crippen LogP contribution in [0.2, 0.25) is 0 Å². The van der Waals surface area contributed by atoms with E-state index in [-0.39, 0.29) is 35.3 Å². The van der Waals surface area contributed by atoms with Crippen molar-refractivity contribution in [2.45, 2.75) is 6.92 Å². The molecule has 5 aromatic rings. The van der Waals surface area contributed by atoms with Crippen LogP contribution in [0.3, 0.4) is 0 Å². The van der Waals surface area contributed by atoms with Crippen LogP contribution >= 0.6 is 0 Å². The zero-order chi connectivity index (χ0) is 23.4. The Balaban J connectivity index is 1.80. The third-order valence-electron chi connectivity index (χ3n) is 5.19. The number of fused-ring (bicyclic) bond motifs is 3. The van der Waals surface area contributed by atoms with E-state index in [9.17, 15) is 5.26 Å². The molecule has 0 radical (unpaired) electrons. The number of aromatic nitrogens is 1. The Kier molecular flexibility index (Phi) is 3.03. The highest BCUT2D eigenvalue weighted by Gasteiger charge is 2.20. The number of aryl methyl sites for hydroxylation is 2. The second-order valence-corrected chi connectivity index (χ2v) is 7.01. The van der Waals surface area contributed by atoms with Gasteiger partial charge >= 0.3 is 0 Å². The zero-order valence-corrected chi connectivity index (χ0v) is 16.0. The molecule has 3 heteroatoms. The fourth-order valence-electron chi connectivity index (χ4n) is 3.71. The number of hydrogen-bond donors (Lipinski definition) is 0. The Labute approximate surface area is 174 Å². The summed E-state index contributed by atoms with van der Waals surface area (Å²) in [5, 5.41) is 11.1. The molecular weight excluding hydrogens is 356 g/mol. The summed E-state index contributed by atoms with van der Waals surface area (Å²) in [5.74, 6) is 0. The van der Waals surface area contributed by atoms with E-state index in [1.165, 1.54) is 0 Å². The highest BCUT2D eigenvalue weighted by molar-refractivity contribution is 6.10. The lowest BCUT2D eigenvalue weighted by molar-refractivity contribution is -0.660. The fourth-order valence-corrected chi connectivity index (χ4v) is 3.71. The molecule has 0 saturated carbocycles. The second kappa shape index (κ2) is 6.61. The summed E-state index contributed by atoms with van der Waals surface area (Å²) in [7, 11) is 1.99. The quantitative estimate of drug-likeness (QED) is 0.357. The maximum Gasteiger partial charge on any atom is 0.216 e. The lowest BCUT2D eigenvalue weighted by Gasteiger charge is -2.04.